The second-order valence-corrected chi connectivity index (χ2v) is 9.09. The summed E-state index contributed by atoms with van der Waals surface area (Å²) < 4.78 is 28.4. The average Bonchev–Trinajstić information content (AvgIpc) is 2.80. The summed E-state index contributed by atoms with van der Waals surface area (Å²) in [5.74, 6) is -0.319. The molecule has 1 aromatic rings. The van der Waals surface area contributed by atoms with E-state index in [-0.39, 0.29) is 21.8 Å². The van der Waals surface area contributed by atoms with Crippen LogP contribution in [0.25, 0.3) is 0 Å². The third kappa shape index (κ3) is 3.63. The van der Waals surface area contributed by atoms with Crippen LogP contribution in [0.15, 0.2) is 15.7 Å². The van der Waals surface area contributed by atoms with Crippen LogP contribution in [0.5, 0.6) is 0 Å². The summed E-state index contributed by atoms with van der Waals surface area (Å²) in [6, 6.07) is 1.15. The molecule has 2 rings (SSSR count). The van der Waals surface area contributed by atoms with E-state index in [9.17, 15) is 13.2 Å². The number of nitrogens with one attached hydrogen (secondary N) is 1. The van der Waals surface area contributed by atoms with Crippen LogP contribution in [0, 0.1) is 0 Å². The van der Waals surface area contributed by atoms with Gasteiger partial charge in [0, 0.05) is 5.38 Å². The molecule has 3 N–H and O–H groups in total. The third-order valence-electron chi connectivity index (χ3n) is 3.50. The SMILES string of the molecule is CC1(C)CC(NC(=O)c2csc(S(N)(=O)=O)c2)C(C)(C)O1. The Kier molecular flexibility index (Phi) is 3.94. The molecule has 0 bridgehead atoms. The van der Waals surface area contributed by atoms with Gasteiger partial charge >= 0.3 is 0 Å². The van der Waals surface area contributed by atoms with Crippen LogP contribution in [0.3, 0.4) is 0 Å². The van der Waals surface area contributed by atoms with Crippen LogP contribution >= 0.6 is 11.3 Å². The molecule has 21 heavy (non-hydrogen) atoms. The van der Waals surface area contributed by atoms with Crippen LogP contribution in [0.4, 0.5) is 0 Å². The van der Waals surface area contributed by atoms with E-state index in [0.717, 1.165) is 11.3 Å². The predicted molar refractivity (Wildman–Crippen MR) is 80.8 cm³/mol. The van der Waals surface area contributed by atoms with E-state index in [0.29, 0.717) is 12.0 Å². The molecule has 6 nitrogen and oxygen atoms in total. The van der Waals surface area contributed by atoms with Gasteiger partial charge < -0.3 is 10.1 Å². The topological polar surface area (TPSA) is 98.5 Å². The number of carbonyl (C=O) groups is 1. The first-order valence-corrected chi connectivity index (χ1v) is 8.96. The molecule has 0 saturated carbocycles. The number of thiophene rings is 1. The van der Waals surface area contributed by atoms with Crippen LogP contribution in [0.2, 0.25) is 0 Å². The van der Waals surface area contributed by atoms with E-state index in [1.165, 1.54) is 11.4 Å². The molecule has 8 heteroatoms. The number of primary sulfonamides is 1. The molecule has 0 aliphatic carbocycles. The molecule has 118 valence electrons. The first kappa shape index (κ1) is 16.4. The molecule has 1 aromatic heterocycles. The van der Waals surface area contributed by atoms with Crippen molar-refractivity contribution in [1.82, 2.24) is 5.32 Å². The zero-order valence-corrected chi connectivity index (χ0v) is 14.1. The van der Waals surface area contributed by atoms with Crippen LogP contribution in [-0.2, 0) is 14.8 Å². The number of ether oxygens (including phenoxy) is 1. The normalized spacial score (nSPS) is 24.0. The molecule has 1 atom stereocenters. The van der Waals surface area contributed by atoms with Gasteiger partial charge in [-0.3, -0.25) is 4.79 Å². The quantitative estimate of drug-likeness (QED) is 0.875. The molecule has 0 spiro atoms. The minimum absolute atomic E-state index is 0.0186. The maximum Gasteiger partial charge on any atom is 0.252 e. The highest BCUT2D eigenvalue weighted by molar-refractivity contribution is 7.91. The van der Waals surface area contributed by atoms with Crippen LogP contribution < -0.4 is 10.5 Å². The Morgan fingerprint density at radius 2 is 2.05 bits per heavy atom. The van der Waals surface area contributed by atoms with Gasteiger partial charge in [-0.15, -0.1) is 11.3 Å². The first-order chi connectivity index (χ1) is 9.41. The lowest BCUT2D eigenvalue weighted by Crippen LogP contribution is -2.46. The smallest absolute Gasteiger partial charge is 0.252 e. The number of nitrogens with two attached hydrogens (primary N) is 1. The van der Waals surface area contributed by atoms with Crippen LogP contribution in [-0.4, -0.2) is 31.6 Å². The zero-order chi connectivity index (χ0) is 16.1. The molecule has 1 saturated heterocycles. The number of rotatable bonds is 3. The van der Waals surface area contributed by atoms with E-state index in [2.05, 4.69) is 5.32 Å². The highest BCUT2D eigenvalue weighted by Gasteiger charge is 2.46. The second-order valence-electron chi connectivity index (χ2n) is 6.39. The zero-order valence-electron chi connectivity index (χ0n) is 12.5. The fraction of sp³-hybridized carbons (Fsp3) is 0.615. The van der Waals surface area contributed by atoms with E-state index in [1.54, 1.807) is 0 Å². The van der Waals surface area contributed by atoms with Gasteiger partial charge in [-0.2, -0.15) is 0 Å². The summed E-state index contributed by atoms with van der Waals surface area (Å²) in [6.45, 7) is 7.81. The Morgan fingerprint density at radius 3 is 2.48 bits per heavy atom. The molecule has 1 fully saturated rings. The number of hydrogen-bond donors (Lipinski definition) is 2. The van der Waals surface area contributed by atoms with Crippen molar-refractivity contribution in [3.63, 3.8) is 0 Å². The minimum atomic E-state index is -3.77. The largest absolute Gasteiger partial charge is 0.367 e. The van der Waals surface area contributed by atoms with Crippen molar-refractivity contribution in [2.45, 2.75) is 55.6 Å². The van der Waals surface area contributed by atoms with Crippen molar-refractivity contribution in [3.05, 3.63) is 17.0 Å². The van der Waals surface area contributed by atoms with Gasteiger partial charge in [0.2, 0.25) is 10.0 Å². The fourth-order valence-electron chi connectivity index (χ4n) is 2.61. The van der Waals surface area contributed by atoms with E-state index >= 15 is 0 Å². The molecule has 1 aliphatic rings. The highest BCUT2D eigenvalue weighted by atomic mass is 32.2. The number of sulfonamides is 1. The van der Waals surface area contributed by atoms with Gasteiger partial charge in [0.15, 0.2) is 0 Å². The molecule has 2 heterocycles. The molecule has 1 amide bonds. The summed E-state index contributed by atoms with van der Waals surface area (Å²) in [5.41, 5.74) is -0.482. The van der Waals surface area contributed by atoms with Crippen molar-refractivity contribution >= 4 is 27.3 Å². The Labute approximate surface area is 128 Å². The van der Waals surface area contributed by atoms with Crippen molar-refractivity contribution < 1.29 is 17.9 Å². The number of amides is 1. The Bertz CT molecular complexity index is 661. The first-order valence-electron chi connectivity index (χ1n) is 6.53. The maximum absolute atomic E-state index is 12.2. The Morgan fingerprint density at radius 1 is 1.43 bits per heavy atom. The molecule has 1 aliphatic heterocycles. The van der Waals surface area contributed by atoms with E-state index in [4.69, 9.17) is 9.88 Å². The lowest BCUT2D eigenvalue weighted by molar-refractivity contribution is -0.0693. The summed E-state index contributed by atoms with van der Waals surface area (Å²) >= 11 is 0.937. The van der Waals surface area contributed by atoms with Crippen molar-refractivity contribution in [2.75, 3.05) is 0 Å². The molecule has 0 aromatic carbocycles. The highest BCUT2D eigenvalue weighted by Crippen LogP contribution is 2.37. The lowest BCUT2D eigenvalue weighted by Gasteiger charge is -2.27. The number of carbonyl (C=O) groups excluding carboxylic acids is 1. The van der Waals surface area contributed by atoms with Gasteiger partial charge in [-0.25, -0.2) is 13.6 Å². The average molecular weight is 332 g/mol. The van der Waals surface area contributed by atoms with Crippen LogP contribution in [0.1, 0.15) is 44.5 Å². The van der Waals surface area contributed by atoms with Crippen molar-refractivity contribution in [3.8, 4) is 0 Å². The van der Waals surface area contributed by atoms with Gasteiger partial charge in [-0.05, 0) is 40.2 Å². The van der Waals surface area contributed by atoms with Crippen molar-refractivity contribution in [2.24, 2.45) is 5.14 Å². The monoisotopic (exact) mass is 332 g/mol. The minimum Gasteiger partial charge on any atom is -0.367 e. The third-order valence-corrected chi connectivity index (χ3v) is 5.88. The van der Waals surface area contributed by atoms with Crippen molar-refractivity contribution in [1.29, 1.82) is 0 Å². The molecular formula is C13H20N2O4S2. The Balaban J connectivity index is 2.14. The fourth-order valence-corrected chi connectivity index (χ4v) is 4.20. The summed E-state index contributed by atoms with van der Waals surface area (Å²) in [7, 11) is -3.77. The predicted octanol–water partition coefficient (Wildman–Crippen LogP) is 1.47. The van der Waals surface area contributed by atoms with Gasteiger partial charge in [0.05, 0.1) is 22.8 Å². The van der Waals surface area contributed by atoms with E-state index < -0.39 is 15.6 Å². The standard InChI is InChI=1S/C13H20N2O4S2/c1-12(2)6-9(13(3,4)19-12)15-11(16)8-5-10(20-7-8)21(14,17)18/h5,7,9H,6H2,1-4H3,(H,15,16)(H2,14,17,18). The molecular weight excluding hydrogens is 312 g/mol. The van der Waals surface area contributed by atoms with E-state index in [1.807, 2.05) is 27.7 Å². The summed E-state index contributed by atoms with van der Waals surface area (Å²) in [5, 5.41) is 9.45. The molecule has 0 radical (unpaired) electrons. The second kappa shape index (κ2) is 5.05. The van der Waals surface area contributed by atoms with Gasteiger partial charge in [0.25, 0.3) is 5.91 Å². The summed E-state index contributed by atoms with van der Waals surface area (Å²) in [6.07, 6.45) is 0.692. The van der Waals surface area contributed by atoms with Gasteiger partial charge in [0.1, 0.15) is 4.21 Å². The summed E-state index contributed by atoms with van der Waals surface area (Å²) in [4.78, 5) is 12.2. The van der Waals surface area contributed by atoms with Gasteiger partial charge in [-0.1, -0.05) is 0 Å². The lowest BCUT2D eigenvalue weighted by atomic mass is 9.94. The Hall–Kier alpha value is -0.960. The maximum atomic E-state index is 12.2. The number of hydrogen-bond acceptors (Lipinski definition) is 5. The molecule has 1 unspecified atom stereocenters.